The van der Waals surface area contributed by atoms with E-state index >= 15 is 0 Å². The van der Waals surface area contributed by atoms with Gasteiger partial charge in [-0.3, -0.25) is 10.1 Å². The Morgan fingerprint density at radius 2 is 2.17 bits per heavy atom. The van der Waals surface area contributed by atoms with Gasteiger partial charge in [0.1, 0.15) is 5.88 Å². The molecule has 0 unspecified atom stereocenters. The van der Waals surface area contributed by atoms with Crippen molar-refractivity contribution in [3.63, 3.8) is 0 Å². The lowest BCUT2D eigenvalue weighted by Crippen LogP contribution is -2.35. The summed E-state index contributed by atoms with van der Waals surface area (Å²) in [6.07, 6.45) is 0. The fourth-order valence-corrected chi connectivity index (χ4v) is 1.24. The number of ether oxygens (including phenoxy) is 1. The molecule has 0 aliphatic heterocycles. The van der Waals surface area contributed by atoms with Gasteiger partial charge < -0.3 is 10.1 Å². The Morgan fingerprint density at radius 3 is 2.72 bits per heavy atom. The molecule has 7 heteroatoms. The fraction of sp³-hybridized carbons (Fsp3) is 0.273. The second-order valence-electron chi connectivity index (χ2n) is 3.21. The second-order valence-corrected chi connectivity index (χ2v) is 3.48. The first kappa shape index (κ1) is 14.2. The van der Waals surface area contributed by atoms with Crippen molar-refractivity contribution < 1.29 is 18.7 Å². The van der Waals surface area contributed by atoms with Crippen LogP contribution in [0.3, 0.4) is 0 Å². The van der Waals surface area contributed by atoms with Gasteiger partial charge in [0.25, 0.3) is 0 Å². The minimum Gasteiger partial charge on any atom is -0.491 e. The highest BCUT2D eigenvalue weighted by molar-refractivity contribution is 6.28. The maximum absolute atomic E-state index is 13.4. The zero-order valence-corrected chi connectivity index (χ0v) is 10.4. The molecule has 0 aliphatic rings. The summed E-state index contributed by atoms with van der Waals surface area (Å²) in [5, 5.41) is 4.25. The van der Waals surface area contributed by atoms with Crippen molar-refractivity contribution in [2.24, 2.45) is 0 Å². The SMILES string of the molecule is CCOc1ccc(NC(=O)NC(=O)CCl)cc1F. The third-order valence-corrected chi connectivity index (χ3v) is 2.11. The number of anilines is 1. The first-order chi connectivity index (χ1) is 8.56. The predicted molar refractivity (Wildman–Crippen MR) is 65.5 cm³/mol. The van der Waals surface area contributed by atoms with Gasteiger partial charge in [-0.2, -0.15) is 0 Å². The van der Waals surface area contributed by atoms with E-state index in [2.05, 4.69) is 5.32 Å². The Balaban J connectivity index is 2.65. The zero-order chi connectivity index (χ0) is 13.5. The lowest BCUT2D eigenvalue weighted by molar-refractivity contribution is -0.117. The molecule has 3 amide bonds. The highest BCUT2D eigenvalue weighted by Crippen LogP contribution is 2.20. The van der Waals surface area contributed by atoms with E-state index in [0.29, 0.717) is 6.61 Å². The van der Waals surface area contributed by atoms with Crippen LogP contribution in [0.15, 0.2) is 18.2 Å². The van der Waals surface area contributed by atoms with Crippen LogP contribution in [0.5, 0.6) is 5.75 Å². The summed E-state index contributed by atoms with van der Waals surface area (Å²) in [4.78, 5) is 22.1. The minimum absolute atomic E-state index is 0.0975. The van der Waals surface area contributed by atoms with Crippen LogP contribution >= 0.6 is 11.6 Å². The van der Waals surface area contributed by atoms with Crippen LogP contribution in [0.2, 0.25) is 0 Å². The Kier molecular flexibility index (Phi) is 5.38. The van der Waals surface area contributed by atoms with Crippen molar-refractivity contribution >= 4 is 29.2 Å². The first-order valence-electron chi connectivity index (χ1n) is 5.16. The van der Waals surface area contributed by atoms with E-state index in [4.69, 9.17) is 16.3 Å². The highest BCUT2D eigenvalue weighted by Gasteiger charge is 2.09. The van der Waals surface area contributed by atoms with E-state index in [9.17, 15) is 14.0 Å². The van der Waals surface area contributed by atoms with Crippen LogP contribution in [-0.4, -0.2) is 24.4 Å². The summed E-state index contributed by atoms with van der Waals surface area (Å²) in [5.41, 5.74) is 0.204. The van der Waals surface area contributed by atoms with Crippen molar-refractivity contribution in [2.75, 3.05) is 17.8 Å². The summed E-state index contributed by atoms with van der Waals surface area (Å²) < 4.78 is 18.4. The normalized spacial score (nSPS) is 9.72. The van der Waals surface area contributed by atoms with Crippen LogP contribution in [0, 0.1) is 5.82 Å². The summed E-state index contributed by atoms with van der Waals surface area (Å²) >= 11 is 5.21. The van der Waals surface area contributed by atoms with Gasteiger partial charge in [-0.25, -0.2) is 9.18 Å². The van der Waals surface area contributed by atoms with Gasteiger partial charge >= 0.3 is 6.03 Å². The van der Waals surface area contributed by atoms with Crippen molar-refractivity contribution in [3.05, 3.63) is 24.0 Å². The fourth-order valence-electron chi connectivity index (χ4n) is 1.17. The van der Waals surface area contributed by atoms with Gasteiger partial charge in [-0.15, -0.1) is 11.6 Å². The molecule has 0 saturated carbocycles. The van der Waals surface area contributed by atoms with Crippen molar-refractivity contribution in [3.8, 4) is 5.75 Å². The smallest absolute Gasteiger partial charge is 0.325 e. The van der Waals surface area contributed by atoms with Crippen LogP contribution in [0.25, 0.3) is 0 Å². The van der Waals surface area contributed by atoms with Crippen LogP contribution in [-0.2, 0) is 4.79 Å². The number of nitrogens with one attached hydrogen (secondary N) is 2. The van der Waals surface area contributed by atoms with Crippen LogP contribution in [0.4, 0.5) is 14.9 Å². The third kappa shape index (κ3) is 4.21. The molecule has 0 bridgehead atoms. The molecule has 0 heterocycles. The number of hydrogen-bond donors (Lipinski definition) is 2. The Morgan fingerprint density at radius 1 is 1.44 bits per heavy atom. The van der Waals surface area contributed by atoms with Crippen molar-refractivity contribution in [1.29, 1.82) is 0 Å². The quantitative estimate of drug-likeness (QED) is 0.827. The van der Waals surface area contributed by atoms with E-state index in [1.807, 2.05) is 5.32 Å². The molecule has 0 saturated heterocycles. The molecule has 1 rings (SSSR count). The lowest BCUT2D eigenvalue weighted by Gasteiger charge is -2.08. The molecule has 0 radical (unpaired) electrons. The van der Waals surface area contributed by atoms with Gasteiger partial charge in [-0.05, 0) is 19.1 Å². The van der Waals surface area contributed by atoms with E-state index in [1.165, 1.54) is 12.1 Å². The number of benzene rings is 1. The molecule has 5 nitrogen and oxygen atoms in total. The molecule has 2 N–H and O–H groups in total. The van der Waals surface area contributed by atoms with Gasteiger partial charge in [0.05, 0.1) is 6.61 Å². The predicted octanol–water partition coefficient (Wildman–Crippen LogP) is 2.11. The summed E-state index contributed by atoms with van der Waals surface area (Å²) in [7, 11) is 0. The number of imide groups is 1. The van der Waals surface area contributed by atoms with Crippen molar-refractivity contribution in [1.82, 2.24) is 5.32 Å². The Labute approximate surface area is 108 Å². The van der Waals surface area contributed by atoms with Crippen LogP contribution in [0.1, 0.15) is 6.92 Å². The van der Waals surface area contributed by atoms with E-state index in [-0.39, 0.29) is 17.3 Å². The average molecular weight is 275 g/mol. The van der Waals surface area contributed by atoms with Gasteiger partial charge in [0.2, 0.25) is 5.91 Å². The first-order valence-corrected chi connectivity index (χ1v) is 5.69. The molecule has 98 valence electrons. The number of rotatable bonds is 4. The molecule has 0 aromatic heterocycles. The number of hydrogen-bond acceptors (Lipinski definition) is 3. The van der Waals surface area contributed by atoms with E-state index in [0.717, 1.165) is 6.07 Å². The summed E-state index contributed by atoms with van der Waals surface area (Å²) in [6.45, 7) is 2.07. The van der Waals surface area contributed by atoms with Gasteiger partial charge in [0.15, 0.2) is 11.6 Å². The zero-order valence-electron chi connectivity index (χ0n) is 9.63. The molecule has 18 heavy (non-hydrogen) atoms. The van der Waals surface area contributed by atoms with Gasteiger partial charge in [-0.1, -0.05) is 0 Å². The average Bonchev–Trinajstić information content (AvgIpc) is 2.32. The topological polar surface area (TPSA) is 67.4 Å². The second kappa shape index (κ2) is 6.80. The molecular formula is C11H12ClFN2O3. The van der Waals surface area contributed by atoms with E-state index < -0.39 is 17.8 Å². The monoisotopic (exact) mass is 274 g/mol. The number of carbonyl (C=O) groups excluding carboxylic acids is 2. The molecule has 0 aliphatic carbocycles. The standard InChI is InChI=1S/C11H12ClFN2O3/c1-2-18-9-4-3-7(5-8(9)13)14-11(17)15-10(16)6-12/h3-5H,2,6H2,1H3,(H2,14,15,16,17). The highest BCUT2D eigenvalue weighted by atomic mass is 35.5. The molecule has 0 fully saturated rings. The van der Waals surface area contributed by atoms with E-state index in [1.54, 1.807) is 6.92 Å². The molecule has 1 aromatic carbocycles. The lowest BCUT2D eigenvalue weighted by atomic mass is 10.3. The maximum atomic E-state index is 13.4. The molecular weight excluding hydrogens is 263 g/mol. The van der Waals surface area contributed by atoms with Crippen LogP contribution < -0.4 is 15.4 Å². The number of urea groups is 1. The summed E-state index contributed by atoms with van der Waals surface area (Å²) in [5.74, 6) is -1.47. The maximum Gasteiger partial charge on any atom is 0.325 e. The molecule has 0 spiro atoms. The largest absolute Gasteiger partial charge is 0.491 e. The summed E-state index contributed by atoms with van der Waals surface area (Å²) in [6, 6.07) is 3.16. The number of halogens is 2. The Bertz CT molecular complexity index is 454. The Hall–Kier alpha value is -1.82. The van der Waals surface area contributed by atoms with Gasteiger partial charge in [0, 0.05) is 11.8 Å². The number of alkyl halides is 1. The number of carbonyl (C=O) groups is 2. The number of amides is 3. The molecule has 0 atom stereocenters. The minimum atomic E-state index is -0.774. The third-order valence-electron chi connectivity index (χ3n) is 1.86. The molecule has 1 aromatic rings. The van der Waals surface area contributed by atoms with Crippen molar-refractivity contribution in [2.45, 2.75) is 6.92 Å².